The van der Waals surface area contributed by atoms with E-state index >= 15 is 0 Å². The van der Waals surface area contributed by atoms with Crippen molar-refractivity contribution in [3.63, 3.8) is 0 Å². The van der Waals surface area contributed by atoms with Crippen molar-refractivity contribution in [3.05, 3.63) is 0 Å². The molecule has 0 bridgehead atoms. The average Bonchev–Trinajstić information content (AvgIpc) is 2.43. The Bertz CT molecular complexity index is 310. The number of piperidine rings is 1. The van der Waals surface area contributed by atoms with Crippen molar-refractivity contribution in [2.45, 2.75) is 45.1 Å². The van der Waals surface area contributed by atoms with E-state index in [9.17, 15) is 9.59 Å². The normalized spacial score (nSPS) is 18.2. The summed E-state index contributed by atoms with van der Waals surface area (Å²) in [6, 6.07) is -0.374. The summed E-state index contributed by atoms with van der Waals surface area (Å²) in [6.45, 7) is 3.40. The van der Waals surface area contributed by atoms with Crippen molar-refractivity contribution in [1.29, 1.82) is 0 Å². The maximum atomic E-state index is 12.1. The summed E-state index contributed by atoms with van der Waals surface area (Å²) in [5.74, 6) is 0.275. The van der Waals surface area contributed by atoms with Gasteiger partial charge in [-0.3, -0.25) is 9.59 Å². The SMILES string of the molecule is CCCCC(N)C(=O)N1CCC(C(=O)N(C)C)CC1. The van der Waals surface area contributed by atoms with E-state index < -0.39 is 0 Å². The molecule has 0 saturated carbocycles. The topological polar surface area (TPSA) is 66.6 Å². The summed E-state index contributed by atoms with van der Waals surface area (Å²) in [7, 11) is 3.56. The predicted molar refractivity (Wildman–Crippen MR) is 75.5 cm³/mol. The van der Waals surface area contributed by atoms with E-state index in [0.29, 0.717) is 13.1 Å². The minimum Gasteiger partial charge on any atom is -0.349 e. The summed E-state index contributed by atoms with van der Waals surface area (Å²) in [5.41, 5.74) is 5.91. The molecule has 5 nitrogen and oxygen atoms in total. The number of amides is 2. The van der Waals surface area contributed by atoms with Crippen molar-refractivity contribution in [1.82, 2.24) is 9.80 Å². The molecule has 2 N–H and O–H groups in total. The minimum absolute atomic E-state index is 0.0456. The van der Waals surface area contributed by atoms with Crippen molar-refractivity contribution in [2.75, 3.05) is 27.2 Å². The molecule has 110 valence electrons. The van der Waals surface area contributed by atoms with Crippen molar-refractivity contribution in [3.8, 4) is 0 Å². The summed E-state index contributed by atoms with van der Waals surface area (Å²) < 4.78 is 0. The second-order valence-electron chi connectivity index (χ2n) is 5.58. The Labute approximate surface area is 116 Å². The standard InChI is InChI=1S/C14H27N3O2/c1-4-5-6-12(15)14(19)17-9-7-11(8-10-17)13(18)16(2)3/h11-12H,4-10,15H2,1-3H3. The van der Waals surface area contributed by atoms with Gasteiger partial charge < -0.3 is 15.5 Å². The van der Waals surface area contributed by atoms with Gasteiger partial charge in [-0.15, -0.1) is 0 Å². The van der Waals surface area contributed by atoms with Crippen LogP contribution in [-0.4, -0.2) is 54.8 Å². The quantitative estimate of drug-likeness (QED) is 0.804. The Morgan fingerprint density at radius 2 is 1.89 bits per heavy atom. The number of nitrogens with two attached hydrogens (primary N) is 1. The van der Waals surface area contributed by atoms with Gasteiger partial charge in [0.05, 0.1) is 6.04 Å². The lowest BCUT2D eigenvalue weighted by atomic mass is 9.95. The molecule has 1 heterocycles. The molecule has 0 spiro atoms. The fraction of sp³-hybridized carbons (Fsp3) is 0.857. The van der Waals surface area contributed by atoms with Gasteiger partial charge in [-0.1, -0.05) is 19.8 Å². The molecule has 1 aliphatic rings. The number of nitrogens with zero attached hydrogens (tertiary/aromatic N) is 2. The van der Waals surface area contributed by atoms with E-state index in [2.05, 4.69) is 6.92 Å². The van der Waals surface area contributed by atoms with Crippen molar-refractivity contribution in [2.24, 2.45) is 11.7 Å². The molecule has 0 aromatic carbocycles. The Morgan fingerprint density at radius 3 is 2.37 bits per heavy atom. The fourth-order valence-electron chi connectivity index (χ4n) is 2.49. The van der Waals surface area contributed by atoms with Gasteiger partial charge in [-0.25, -0.2) is 0 Å². The van der Waals surface area contributed by atoms with Crippen LogP contribution in [0.5, 0.6) is 0 Å². The molecule has 1 atom stereocenters. The number of hydrogen-bond donors (Lipinski definition) is 1. The van der Waals surface area contributed by atoms with Crippen LogP contribution in [0, 0.1) is 5.92 Å². The molecular formula is C14H27N3O2. The van der Waals surface area contributed by atoms with Gasteiger partial charge in [0.1, 0.15) is 0 Å². The Morgan fingerprint density at radius 1 is 1.32 bits per heavy atom. The van der Waals surface area contributed by atoms with Crippen LogP contribution < -0.4 is 5.73 Å². The summed E-state index contributed by atoms with van der Waals surface area (Å²) in [4.78, 5) is 27.4. The average molecular weight is 269 g/mol. The molecule has 1 unspecified atom stereocenters. The van der Waals surface area contributed by atoms with E-state index in [0.717, 1.165) is 32.1 Å². The van der Waals surface area contributed by atoms with Crippen molar-refractivity contribution < 1.29 is 9.59 Å². The summed E-state index contributed by atoms with van der Waals surface area (Å²) in [6.07, 6.45) is 4.31. The zero-order valence-corrected chi connectivity index (χ0v) is 12.4. The number of likely N-dealkylation sites (tertiary alicyclic amines) is 1. The monoisotopic (exact) mass is 269 g/mol. The van der Waals surface area contributed by atoms with Gasteiger partial charge in [-0.05, 0) is 19.3 Å². The van der Waals surface area contributed by atoms with Crippen LogP contribution >= 0.6 is 0 Å². The molecule has 19 heavy (non-hydrogen) atoms. The molecule has 0 aliphatic carbocycles. The molecule has 0 aromatic heterocycles. The maximum Gasteiger partial charge on any atom is 0.239 e. The zero-order chi connectivity index (χ0) is 14.4. The van der Waals surface area contributed by atoms with Gasteiger partial charge >= 0.3 is 0 Å². The van der Waals surface area contributed by atoms with Gasteiger partial charge in [0, 0.05) is 33.1 Å². The number of hydrogen-bond acceptors (Lipinski definition) is 3. The van der Waals surface area contributed by atoms with Gasteiger partial charge in [0.15, 0.2) is 0 Å². The lowest BCUT2D eigenvalue weighted by Gasteiger charge is -2.33. The number of carbonyl (C=O) groups excluding carboxylic acids is 2. The van der Waals surface area contributed by atoms with E-state index in [-0.39, 0.29) is 23.8 Å². The van der Waals surface area contributed by atoms with E-state index in [1.54, 1.807) is 19.0 Å². The third-order valence-corrected chi connectivity index (χ3v) is 3.78. The maximum absolute atomic E-state index is 12.1. The minimum atomic E-state index is -0.374. The molecule has 0 radical (unpaired) electrons. The van der Waals surface area contributed by atoms with E-state index in [1.165, 1.54) is 0 Å². The van der Waals surface area contributed by atoms with Gasteiger partial charge in [-0.2, -0.15) is 0 Å². The van der Waals surface area contributed by atoms with Crippen LogP contribution in [0.2, 0.25) is 0 Å². The highest BCUT2D eigenvalue weighted by Crippen LogP contribution is 2.19. The first-order valence-electron chi connectivity index (χ1n) is 7.22. The molecule has 0 aromatic rings. The number of unbranched alkanes of at least 4 members (excludes halogenated alkanes) is 1. The van der Waals surface area contributed by atoms with Crippen LogP contribution in [0.4, 0.5) is 0 Å². The zero-order valence-electron chi connectivity index (χ0n) is 12.4. The third-order valence-electron chi connectivity index (χ3n) is 3.78. The summed E-state index contributed by atoms with van der Waals surface area (Å²) in [5, 5.41) is 0. The smallest absolute Gasteiger partial charge is 0.239 e. The van der Waals surface area contributed by atoms with Gasteiger partial charge in [0.2, 0.25) is 11.8 Å². The highest BCUT2D eigenvalue weighted by molar-refractivity contribution is 5.82. The van der Waals surface area contributed by atoms with E-state index in [1.807, 2.05) is 4.90 Å². The Hall–Kier alpha value is -1.10. The first-order valence-corrected chi connectivity index (χ1v) is 7.22. The van der Waals surface area contributed by atoms with Crippen LogP contribution in [0.1, 0.15) is 39.0 Å². The molecule has 1 fully saturated rings. The molecule has 1 aliphatic heterocycles. The second-order valence-corrected chi connectivity index (χ2v) is 5.58. The Kier molecular flexibility index (Phi) is 6.28. The first kappa shape index (κ1) is 16.0. The third kappa shape index (κ3) is 4.49. The molecule has 1 saturated heterocycles. The summed E-state index contributed by atoms with van der Waals surface area (Å²) >= 11 is 0. The fourth-order valence-corrected chi connectivity index (χ4v) is 2.49. The van der Waals surface area contributed by atoms with Gasteiger partial charge in [0.25, 0.3) is 0 Å². The highest BCUT2D eigenvalue weighted by atomic mass is 16.2. The van der Waals surface area contributed by atoms with E-state index in [4.69, 9.17) is 5.73 Å². The van der Waals surface area contributed by atoms with Crippen LogP contribution in [-0.2, 0) is 9.59 Å². The molecule has 5 heteroatoms. The van der Waals surface area contributed by atoms with Crippen LogP contribution in [0.15, 0.2) is 0 Å². The number of rotatable bonds is 5. The molecule has 2 amide bonds. The van der Waals surface area contributed by atoms with Crippen molar-refractivity contribution >= 4 is 11.8 Å². The van der Waals surface area contributed by atoms with Crippen LogP contribution in [0.25, 0.3) is 0 Å². The largest absolute Gasteiger partial charge is 0.349 e. The molecule has 1 rings (SSSR count). The van der Waals surface area contributed by atoms with Crippen LogP contribution in [0.3, 0.4) is 0 Å². The lowest BCUT2D eigenvalue weighted by molar-refractivity contribution is -0.139. The number of carbonyl (C=O) groups is 2. The first-order chi connectivity index (χ1) is 8.97. The lowest BCUT2D eigenvalue weighted by Crippen LogP contribution is -2.48. The highest BCUT2D eigenvalue weighted by Gasteiger charge is 2.29. The predicted octanol–water partition coefficient (Wildman–Crippen LogP) is 0.831. The Balaban J connectivity index is 2.41. The second kappa shape index (κ2) is 7.48. The molecular weight excluding hydrogens is 242 g/mol.